The van der Waals surface area contributed by atoms with E-state index < -0.39 is 11.6 Å². The van der Waals surface area contributed by atoms with Crippen LogP contribution in [0.15, 0.2) is 36.5 Å². The van der Waals surface area contributed by atoms with E-state index in [0.717, 1.165) is 24.2 Å². The Kier molecular flexibility index (Phi) is 3.54. The third kappa shape index (κ3) is 2.71. The fraction of sp³-hybridized carbons (Fsp3) is 0.231. The largest absolute Gasteiger partial charge is 0.347 e. The Hall–Kier alpha value is -1.68. The van der Waals surface area contributed by atoms with Crippen LogP contribution in [-0.2, 0) is 13.0 Å². The molecule has 0 saturated heterocycles. The summed E-state index contributed by atoms with van der Waals surface area (Å²) >= 11 is 0. The quantitative estimate of drug-likeness (QED) is 0.867. The maximum atomic E-state index is 13.5. The molecule has 0 aliphatic carbocycles. The van der Waals surface area contributed by atoms with E-state index in [1.165, 1.54) is 6.07 Å². The zero-order valence-electron chi connectivity index (χ0n) is 9.37. The molecule has 2 nitrogen and oxygen atoms in total. The topological polar surface area (TPSA) is 30.9 Å². The molecule has 4 heteroatoms. The first-order valence-electron chi connectivity index (χ1n) is 5.48. The van der Waals surface area contributed by atoms with Crippen molar-refractivity contribution in [1.29, 1.82) is 0 Å². The second-order valence-corrected chi connectivity index (χ2v) is 3.90. The van der Waals surface area contributed by atoms with E-state index in [1.54, 1.807) is 0 Å². The molecule has 1 aromatic carbocycles. The highest BCUT2D eigenvalue weighted by atomic mass is 19.1. The zero-order chi connectivity index (χ0) is 12.3. The van der Waals surface area contributed by atoms with Gasteiger partial charge in [0.25, 0.3) is 0 Å². The summed E-state index contributed by atoms with van der Waals surface area (Å²) < 4.78 is 28.4. The predicted octanol–water partition coefficient (Wildman–Crippen LogP) is 2.32. The maximum Gasteiger partial charge on any atom is 0.128 e. The van der Waals surface area contributed by atoms with Crippen LogP contribution in [-0.4, -0.2) is 11.1 Å². The van der Waals surface area contributed by atoms with E-state index in [2.05, 4.69) is 0 Å². The van der Waals surface area contributed by atoms with Gasteiger partial charge in [-0.25, -0.2) is 8.78 Å². The van der Waals surface area contributed by atoms with Gasteiger partial charge in [0.2, 0.25) is 0 Å². The van der Waals surface area contributed by atoms with Crippen LogP contribution in [0, 0.1) is 11.6 Å². The number of aromatic nitrogens is 1. The monoisotopic (exact) mass is 236 g/mol. The predicted molar refractivity (Wildman–Crippen MR) is 62.7 cm³/mol. The Labute approximate surface area is 98.7 Å². The van der Waals surface area contributed by atoms with Crippen LogP contribution in [0.25, 0.3) is 0 Å². The maximum absolute atomic E-state index is 13.5. The van der Waals surface area contributed by atoms with E-state index in [1.807, 2.05) is 22.9 Å². The molecule has 0 aliphatic rings. The normalized spacial score (nSPS) is 10.8. The van der Waals surface area contributed by atoms with Gasteiger partial charge in [0.1, 0.15) is 11.6 Å². The number of nitrogens with two attached hydrogens (primary N) is 1. The summed E-state index contributed by atoms with van der Waals surface area (Å²) in [5.41, 5.74) is 6.86. The van der Waals surface area contributed by atoms with E-state index in [-0.39, 0.29) is 0 Å². The summed E-state index contributed by atoms with van der Waals surface area (Å²) in [6.07, 6.45) is 2.57. The highest BCUT2D eigenvalue weighted by molar-refractivity contribution is 5.20. The van der Waals surface area contributed by atoms with E-state index in [9.17, 15) is 8.78 Å². The molecule has 0 saturated carbocycles. The second-order valence-electron chi connectivity index (χ2n) is 3.90. The van der Waals surface area contributed by atoms with Crippen LogP contribution < -0.4 is 5.73 Å². The van der Waals surface area contributed by atoms with Gasteiger partial charge in [-0.3, -0.25) is 0 Å². The first kappa shape index (κ1) is 11.8. The first-order chi connectivity index (χ1) is 8.20. The Morgan fingerprint density at radius 1 is 1.18 bits per heavy atom. The minimum atomic E-state index is -0.422. The molecule has 0 spiro atoms. The van der Waals surface area contributed by atoms with Crippen molar-refractivity contribution in [1.82, 2.24) is 4.57 Å². The van der Waals surface area contributed by atoms with Gasteiger partial charge in [-0.1, -0.05) is 0 Å². The molecule has 2 N–H and O–H groups in total. The molecule has 0 unspecified atom stereocenters. The van der Waals surface area contributed by atoms with Gasteiger partial charge >= 0.3 is 0 Å². The number of hydrogen-bond donors (Lipinski definition) is 1. The third-order valence-corrected chi connectivity index (χ3v) is 2.67. The molecule has 0 fully saturated rings. The lowest BCUT2D eigenvalue weighted by Crippen LogP contribution is -2.10. The third-order valence-electron chi connectivity index (χ3n) is 2.67. The SMILES string of the molecule is NCCc1cccn1Cc1cc(F)ccc1F. The zero-order valence-corrected chi connectivity index (χ0v) is 9.37. The van der Waals surface area contributed by atoms with Crippen LogP contribution in [0.3, 0.4) is 0 Å². The van der Waals surface area contributed by atoms with Gasteiger partial charge in [0, 0.05) is 17.5 Å². The fourth-order valence-corrected chi connectivity index (χ4v) is 1.83. The van der Waals surface area contributed by atoms with Crippen molar-refractivity contribution in [3.63, 3.8) is 0 Å². The van der Waals surface area contributed by atoms with Gasteiger partial charge in [0.15, 0.2) is 0 Å². The van der Waals surface area contributed by atoms with Crippen molar-refractivity contribution < 1.29 is 8.78 Å². The van der Waals surface area contributed by atoms with Gasteiger partial charge in [-0.2, -0.15) is 0 Å². The summed E-state index contributed by atoms with van der Waals surface area (Å²) in [6.45, 7) is 0.863. The number of nitrogens with zero attached hydrogens (tertiary/aromatic N) is 1. The van der Waals surface area contributed by atoms with Crippen LogP contribution >= 0.6 is 0 Å². The Morgan fingerprint density at radius 2 is 2.00 bits per heavy atom. The average Bonchev–Trinajstić information content (AvgIpc) is 2.72. The van der Waals surface area contributed by atoms with Crippen molar-refractivity contribution >= 4 is 0 Å². The summed E-state index contributed by atoms with van der Waals surface area (Å²) in [4.78, 5) is 0. The molecule has 17 heavy (non-hydrogen) atoms. The molecule has 1 aromatic heterocycles. The molecule has 1 heterocycles. The number of rotatable bonds is 4. The van der Waals surface area contributed by atoms with Crippen LogP contribution in [0.5, 0.6) is 0 Å². The average molecular weight is 236 g/mol. The summed E-state index contributed by atoms with van der Waals surface area (Å²) in [5.74, 6) is -0.812. The molecule has 0 radical (unpaired) electrons. The molecule has 2 aromatic rings. The van der Waals surface area contributed by atoms with Crippen LogP contribution in [0.4, 0.5) is 8.78 Å². The van der Waals surface area contributed by atoms with Crippen LogP contribution in [0.1, 0.15) is 11.3 Å². The van der Waals surface area contributed by atoms with Gasteiger partial charge in [0.05, 0.1) is 6.54 Å². The van der Waals surface area contributed by atoms with Gasteiger partial charge in [-0.15, -0.1) is 0 Å². The van der Waals surface area contributed by atoms with E-state index in [4.69, 9.17) is 5.73 Å². The Balaban J connectivity index is 2.25. The molecular weight excluding hydrogens is 222 g/mol. The summed E-state index contributed by atoms with van der Waals surface area (Å²) in [6, 6.07) is 7.31. The number of hydrogen-bond acceptors (Lipinski definition) is 1. The van der Waals surface area contributed by atoms with Gasteiger partial charge in [-0.05, 0) is 43.3 Å². The molecule has 90 valence electrons. The number of benzene rings is 1. The first-order valence-corrected chi connectivity index (χ1v) is 5.48. The Morgan fingerprint density at radius 3 is 2.76 bits per heavy atom. The van der Waals surface area contributed by atoms with E-state index >= 15 is 0 Å². The highest BCUT2D eigenvalue weighted by Gasteiger charge is 2.06. The second kappa shape index (κ2) is 5.10. The molecule has 0 aliphatic heterocycles. The fourth-order valence-electron chi connectivity index (χ4n) is 1.83. The van der Waals surface area contributed by atoms with E-state index in [0.29, 0.717) is 18.7 Å². The van der Waals surface area contributed by atoms with Crippen molar-refractivity contribution in [2.24, 2.45) is 5.73 Å². The lowest BCUT2D eigenvalue weighted by atomic mass is 10.2. The number of halogens is 2. The summed E-state index contributed by atoms with van der Waals surface area (Å²) in [5, 5.41) is 0. The molecule has 0 bridgehead atoms. The minimum absolute atomic E-state index is 0.325. The highest BCUT2D eigenvalue weighted by Crippen LogP contribution is 2.13. The van der Waals surface area contributed by atoms with Gasteiger partial charge < -0.3 is 10.3 Å². The van der Waals surface area contributed by atoms with Crippen molar-refractivity contribution in [2.75, 3.05) is 6.54 Å². The van der Waals surface area contributed by atoms with Crippen molar-refractivity contribution in [2.45, 2.75) is 13.0 Å². The standard InChI is InChI=1S/C13H14F2N2/c14-11-3-4-13(15)10(8-11)9-17-7-1-2-12(17)5-6-16/h1-4,7-8H,5-6,9,16H2. The lowest BCUT2D eigenvalue weighted by Gasteiger charge is -2.09. The molecule has 0 atom stereocenters. The molecule has 0 amide bonds. The molecule has 2 rings (SSSR count). The minimum Gasteiger partial charge on any atom is -0.347 e. The van der Waals surface area contributed by atoms with Crippen LogP contribution in [0.2, 0.25) is 0 Å². The summed E-state index contributed by atoms with van der Waals surface area (Å²) in [7, 11) is 0. The van der Waals surface area contributed by atoms with Crippen molar-refractivity contribution in [3.8, 4) is 0 Å². The smallest absolute Gasteiger partial charge is 0.128 e. The Bertz CT molecular complexity index is 506. The molecular formula is C13H14F2N2. The van der Waals surface area contributed by atoms with Crippen molar-refractivity contribution in [3.05, 3.63) is 59.4 Å². The lowest BCUT2D eigenvalue weighted by molar-refractivity contribution is 0.574.